The molecule has 146 valence electrons. The van der Waals surface area contributed by atoms with Gasteiger partial charge in [0, 0.05) is 0 Å². The molecule has 5 heteroatoms. The van der Waals surface area contributed by atoms with Crippen LogP contribution in [0.25, 0.3) is 0 Å². The van der Waals surface area contributed by atoms with Gasteiger partial charge in [0.2, 0.25) is 0 Å². The summed E-state index contributed by atoms with van der Waals surface area (Å²) in [7, 11) is 0. The molecule has 2 N–H and O–H groups in total. The Labute approximate surface area is 163 Å². The Bertz CT molecular complexity index is 607. The van der Waals surface area contributed by atoms with Gasteiger partial charge in [-0.15, -0.1) is 0 Å². The van der Waals surface area contributed by atoms with Crippen LogP contribution in [0.5, 0.6) is 0 Å². The first-order valence-corrected chi connectivity index (χ1v) is 17.6. The minimum absolute atomic E-state index is 0.0876. The van der Waals surface area contributed by atoms with Gasteiger partial charge in [0.15, 0.2) is 0 Å². The van der Waals surface area contributed by atoms with Gasteiger partial charge >= 0.3 is 163 Å². The molecule has 0 saturated carbocycles. The number of nitrogen functional groups attached to an aromatic ring is 1. The first-order chi connectivity index (χ1) is 12.3. The van der Waals surface area contributed by atoms with Crippen LogP contribution in [0.3, 0.4) is 0 Å². The van der Waals surface area contributed by atoms with Crippen LogP contribution in [0.15, 0.2) is 6.07 Å². The molecule has 1 rings (SSSR count). The molecule has 0 bridgehead atoms. The molecule has 0 atom stereocenters. The molecule has 0 aliphatic rings. The van der Waals surface area contributed by atoms with Gasteiger partial charge in [-0.1, -0.05) is 0 Å². The quantitative estimate of drug-likeness (QED) is 0.342. The molecule has 0 aliphatic carbocycles. The fourth-order valence-corrected chi connectivity index (χ4v) is 20.3. The van der Waals surface area contributed by atoms with E-state index in [4.69, 9.17) is 5.73 Å². The summed E-state index contributed by atoms with van der Waals surface area (Å²) in [4.78, 5) is 28.5. The van der Waals surface area contributed by atoms with Gasteiger partial charge in [-0.2, -0.15) is 0 Å². The number of aromatic nitrogens is 1. The number of rotatable bonds is 12. The van der Waals surface area contributed by atoms with E-state index in [1.165, 1.54) is 69.3 Å². The topological polar surface area (TPSA) is 73.0 Å². The summed E-state index contributed by atoms with van der Waals surface area (Å²) in [5.74, 6) is -0.232. The summed E-state index contributed by atoms with van der Waals surface area (Å²) in [5.41, 5.74) is 7.79. The predicted molar refractivity (Wildman–Crippen MR) is 113 cm³/mol. The summed E-state index contributed by atoms with van der Waals surface area (Å²) < 4.78 is 4.91. The average Bonchev–Trinajstić information content (AvgIpc) is 2.61. The maximum absolute atomic E-state index is 12.1. The van der Waals surface area contributed by atoms with E-state index in [1.807, 2.05) is 6.07 Å². The van der Waals surface area contributed by atoms with Gasteiger partial charge in [0.05, 0.1) is 0 Å². The standard InChI is InChI=1S/C9H9N2O2.3C4H9.Sn/c1-5(12)8-4-3-7(10)9(11-8)6(2)13;3*1-3-4-2;/h4H,10H2,1-2H3;3*1,3-4H2,2H3;. The SMILES string of the molecule is CCC[CH2][Sn]([CH2]CCC)([CH2]CCC)[c]1cc(C(C)=O)nc(C(C)=O)c1N. The van der Waals surface area contributed by atoms with Crippen LogP contribution in [0.2, 0.25) is 13.3 Å². The molecule has 0 aliphatic heterocycles. The van der Waals surface area contributed by atoms with Gasteiger partial charge < -0.3 is 0 Å². The number of ketones is 2. The van der Waals surface area contributed by atoms with Crippen LogP contribution in [0.4, 0.5) is 5.69 Å². The Kier molecular flexibility index (Phi) is 9.83. The van der Waals surface area contributed by atoms with Crippen LogP contribution in [-0.2, 0) is 0 Å². The number of Topliss-reactive ketones (excluding diaryl/α,β-unsaturated/α-hetero) is 2. The number of nitrogens with two attached hydrogens (primary N) is 1. The molecule has 0 radical (unpaired) electrons. The molecule has 0 unspecified atom stereocenters. The summed E-state index contributed by atoms with van der Waals surface area (Å²) in [6.45, 7) is 9.71. The number of nitrogens with zero attached hydrogens (tertiary/aromatic N) is 1. The third kappa shape index (κ3) is 5.80. The van der Waals surface area contributed by atoms with Crippen molar-refractivity contribution in [2.75, 3.05) is 5.73 Å². The van der Waals surface area contributed by atoms with Crippen LogP contribution in [0, 0.1) is 0 Å². The van der Waals surface area contributed by atoms with Gasteiger partial charge in [0.25, 0.3) is 0 Å². The molecule has 0 fully saturated rings. The number of unbranched alkanes of at least 4 members (excludes halogenated alkanes) is 3. The van der Waals surface area contributed by atoms with Crippen molar-refractivity contribution >= 4 is 39.2 Å². The second-order valence-corrected chi connectivity index (χ2v) is 20.6. The van der Waals surface area contributed by atoms with Crippen LogP contribution >= 0.6 is 0 Å². The third-order valence-electron chi connectivity index (χ3n) is 5.35. The van der Waals surface area contributed by atoms with Crippen LogP contribution in [0.1, 0.15) is 94.1 Å². The number of carbonyl (C=O) groups excluding carboxylic acids is 2. The summed E-state index contributed by atoms with van der Waals surface area (Å²) in [5, 5.41) is 0. The number of anilines is 1. The van der Waals surface area contributed by atoms with E-state index in [-0.39, 0.29) is 11.6 Å². The van der Waals surface area contributed by atoms with Gasteiger partial charge in [-0.05, 0) is 0 Å². The molecular weight excluding hydrogens is 431 g/mol. The fourth-order valence-electron chi connectivity index (χ4n) is 3.77. The van der Waals surface area contributed by atoms with E-state index >= 15 is 0 Å². The summed E-state index contributed by atoms with van der Waals surface area (Å²) in [6.07, 6.45) is 7.12. The normalized spacial score (nSPS) is 11.6. The van der Waals surface area contributed by atoms with E-state index < -0.39 is 18.4 Å². The van der Waals surface area contributed by atoms with E-state index in [0.717, 1.165) is 0 Å². The summed E-state index contributed by atoms with van der Waals surface area (Å²) in [6, 6.07) is 1.96. The Morgan fingerprint density at radius 3 is 1.73 bits per heavy atom. The number of pyridine rings is 1. The van der Waals surface area contributed by atoms with E-state index in [0.29, 0.717) is 17.1 Å². The fraction of sp³-hybridized carbons (Fsp3) is 0.667. The van der Waals surface area contributed by atoms with E-state index in [9.17, 15) is 9.59 Å². The van der Waals surface area contributed by atoms with Gasteiger partial charge in [-0.3, -0.25) is 0 Å². The molecule has 0 saturated heterocycles. The minimum atomic E-state index is -2.84. The first-order valence-electron chi connectivity index (χ1n) is 10.2. The predicted octanol–water partition coefficient (Wildman–Crippen LogP) is 5.13. The molecule has 0 amide bonds. The molecule has 4 nitrogen and oxygen atoms in total. The van der Waals surface area contributed by atoms with Crippen molar-refractivity contribution in [2.24, 2.45) is 0 Å². The second-order valence-electron chi connectivity index (χ2n) is 7.52. The maximum atomic E-state index is 12.1. The molecule has 1 heterocycles. The Balaban J connectivity index is 3.63. The Morgan fingerprint density at radius 1 is 0.923 bits per heavy atom. The zero-order valence-corrected chi connectivity index (χ0v) is 20.1. The van der Waals surface area contributed by atoms with Crippen LogP contribution < -0.4 is 9.31 Å². The molecule has 26 heavy (non-hydrogen) atoms. The zero-order valence-electron chi connectivity index (χ0n) is 17.3. The molecule has 0 spiro atoms. The molecular formula is C21H36N2O2Sn. The van der Waals surface area contributed by atoms with Gasteiger partial charge in [0.1, 0.15) is 0 Å². The Hall–Kier alpha value is -0.911. The second kappa shape index (κ2) is 11.1. The van der Waals surface area contributed by atoms with Gasteiger partial charge in [-0.25, -0.2) is 0 Å². The first kappa shape index (κ1) is 23.1. The molecule has 1 aromatic rings. The monoisotopic (exact) mass is 468 g/mol. The van der Waals surface area contributed by atoms with Crippen molar-refractivity contribution in [1.29, 1.82) is 0 Å². The average molecular weight is 467 g/mol. The van der Waals surface area contributed by atoms with Crippen LogP contribution in [-0.4, -0.2) is 34.9 Å². The van der Waals surface area contributed by atoms with E-state index in [1.54, 1.807) is 0 Å². The molecule has 0 aromatic carbocycles. The number of hydrogen-bond acceptors (Lipinski definition) is 4. The summed E-state index contributed by atoms with van der Waals surface area (Å²) >= 11 is -2.84. The zero-order chi connectivity index (χ0) is 19.7. The van der Waals surface area contributed by atoms with Crippen molar-refractivity contribution in [2.45, 2.75) is 86.5 Å². The van der Waals surface area contributed by atoms with Crippen molar-refractivity contribution in [3.05, 3.63) is 17.5 Å². The number of hydrogen-bond donors (Lipinski definition) is 1. The molecule has 1 aromatic heterocycles. The Morgan fingerprint density at radius 2 is 1.38 bits per heavy atom. The van der Waals surface area contributed by atoms with E-state index in [2.05, 4.69) is 25.8 Å². The number of carbonyl (C=O) groups is 2. The van der Waals surface area contributed by atoms with Crippen molar-refractivity contribution < 1.29 is 9.59 Å². The van der Waals surface area contributed by atoms with Crippen molar-refractivity contribution in [3.8, 4) is 0 Å². The van der Waals surface area contributed by atoms with Crippen molar-refractivity contribution in [3.63, 3.8) is 0 Å². The third-order valence-corrected chi connectivity index (χ3v) is 21.0. The van der Waals surface area contributed by atoms with Crippen molar-refractivity contribution in [1.82, 2.24) is 4.98 Å².